The van der Waals surface area contributed by atoms with E-state index in [-0.39, 0.29) is 37.6 Å². The van der Waals surface area contributed by atoms with Crippen LogP contribution in [0.5, 0.6) is 0 Å². The standard InChI is InChI=1S/C17H20F2N2O2S.ClH/c1-13-11-16(19)17(12-15(13)18)24(22,23)21(10-8-20)9-7-14-5-3-2-4-6-14;/h2-6,11-12H,7-10,20H2,1H3;1H. The summed E-state index contributed by atoms with van der Waals surface area (Å²) in [5.41, 5.74) is 6.50. The lowest BCUT2D eigenvalue weighted by Crippen LogP contribution is -2.37. The molecule has 25 heavy (non-hydrogen) atoms. The summed E-state index contributed by atoms with van der Waals surface area (Å²) in [6.07, 6.45) is 0.454. The summed E-state index contributed by atoms with van der Waals surface area (Å²) in [6, 6.07) is 10.9. The van der Waals surface area contributed by atoms with Gasteiger partial charge in [0.05, 0.1) is 0 Å². The second-order valence-corrected chi connectivity index (χ2v) is 7.37. The van der Waals surface area contributed by atoms with Crippen LogP contribution in [0.25, 0.3) is 0 Å². The van der Waals surface area contributed by atoms with Crippen LogP contribution in [0.2, 0.25) is 0 Å². The first-order chi connectivity index (χ1) is 11.4. The van der Waals surface area contributed by atoms with E-state index < -0.39 is 26.6 Å². The monoisotopic (exact) mass is 390 g/mol. The maximum Gasteiger partial charge on any atom is 0.246 e. The zero-order chi connectivity index (χ0) is 17.7. The van der Waals surface area contributed by atoms with Crippen molar-refractivity contribution in [1.29, 1.82) is 0 Å². The van der Waals surface area contributed by atoms with Crippen LogP contribution < -0.4 is 5.73 Å². The molecule has 0 aliphatic rings. The molecule has 2 rings (SSSR count). The van der Waals surface area contributed by atoms with Gasteiger partial charge in [-0.1, -0.05) is 30.3 Å². The van der Waals surface area contributed by atoms with Crippen LogP contribution in [-0.4, -0.2) is 32.4 Å². The van der Waals surface area contributed by atoms with Gasteiger partial charge in [0.25, 0.3) is 0 Å². The Hall–Kier alpha value is -1.54. The number of nitrogens with two attached hydrogens (primary N) is 1. The first kappa shape index (κ1) is 21.5. The van der Waals surface area contributed by atoms with Gasteiger partial charge in [-0.2, -0.15) is 4.31 Å². The second-order valence-electron chi connectivity index (χ2n) is 5.46. The Balaban J connectivity index is 0.00000312. The van der Waals surface area contributed by atoms with Gasteiger partial charge in [-0.3, -0.25) is 0 Å². The Morgan fingerprint density at radius 3 is 2.28 bits per heavy atom. The lowest BCUT2D eigenvalue weighted by molar-refractivity contribution is 0.416. The molecule has 0 aromatic heterocycles. The van der Waals surface area contributed by atoms with E-state index in [0.717, 1.165) is 22.0 Å². The molecule has 138 valence electrons. The molecular weight excluding hydrogens is 370 g/mol. The van der Waals surface area contributed by atoms with Crippen molar-refractivity contribution in [3.63, 3.8) is 0 Å². The fourth-order valence-electron chi connectivity index (χ4n) is 2.36. The van der Waals surface area contributed by atoms with Gasteiger partial charge in [-0.25, -0.2) is 17.2 Å². The van der Waals surface area contributed by atoms with E-state index in [1.165, 1.54) is 6.92 Å². The number of aryl methyl sites for hydroxylation is 1. The third-order valence-electron chi connectivity index (χ3n) is 3.70. The number of halogens is 3. The van der Waals surface area contributed by atoms with Gasteiger partial charge in [-0.15, -0.1) is 12.4 Å². The van der Waals surface area contributed by atoms with Gasteiger partial charge < -0.3 is 5.73 Å². The number of benzene rings is 2. The van der Waals surface area contributed by atoms with Crippen LogP contribution in [0.1, 0.15) is 11.1 Å². The number of hydrogen-bond donors (Lipinski definition) is 1. The maximum atomic E-state index is 14.1. The lowest BCUT2D eigenvalue weighted by Gasteiger charge is -2.22. The molecule has 0 saturated heterocycles. The van der Waals surface area contributed by atoms with E-state index in [2.05, 4.69) is 0 Å². The minimum absolute atomic E-state index is 0. The first-order valence-electron chi connectivity index (χ1n) is 7.56. The van der Waals surface area contributed by atoms with E-state index in [1.807, 2.05) is 30.3 Å². The molecule has 2 N–H and O–H groups in total. The maximum absolute atomic E-state index is 14.1. The SMILES string of the molecule is Cc1cc(F)c(S(=O)(=O)N(CCN)CCc2ccccc2)cc1F.Cl. The van der Waals surface area contributed by atoms with Crippen molar-refractivity contribution < 1.29 is 17.2 Å². The predicted molar refractivity (Wildman–Crippen MR) is 96.3 cm³/mol. The number of hydrogen-bond acceptors (Lipinski definition) is 3. The highest BCUT2D eigenvalue weighted by Gasteiger charge is 2.28. The first-order valence-corrected chi connectivity index (χ1v) is 9.00. The Kier molecular flexibility index (Phi) is 7.95. The molecule has 0 saturated carbocycles. The number of nitrogens with zero attached hydrogens (tertiary/aromatic N) is 1. The van der Waals surface area contributed by atoms with Crippen LogP contribution in [0.15, 0.2) is 47.4 Å². The molecule has 0 amide bonds. The summed E-state index contributed by atoms with van der Waals surface area (Å²) < 4.78 is 54.3. The van der Waals surface area contributed by atoms with Crippen LogP contribution in [-0.2, 0) is 16.4 Å². The molecule has 0 radical (unpaired) electrons. The molecule has 2 aromatic rings. The van der Waals surface area contributed by atoms with E-state index in [0.29, 0.717) is 6.42 Å². The van der Waals surface area contributed by atoms with E-state index in [1.54, 1.807) is 0 Å². The van der Waals surface area contributed by atoms with Gasteiger partial charge in [0, 0.05) is 19.6 Å². The summed E-state index contributed by atoms with van der Waals surface area (Å²) in [7, 11) is -4.16. The molecule has 2 aromatic carbocycles. The smallest absolute Gasteiger partial charge is 0.246 e. The van der Waals surface area contributed by atoms with Crippen molar-refractivity contribution in [3.8, 4) is 0 Å². The van der Waals surface area contributed by atoms with E-state index in [9.17, 15) is 17.2 Å². The highest BCUT2D eigenvalue weighted by molar-refractivity contribution is 7.89. The fourth-order valence-corrected chi connectivity index (χ4v) is 3.87. The summed E-state index contributed by atoms with van der Waals surface area (Å²) >= 11 is 0. The lowest BCUT2D eigenvalue weighted by atomic mass is 10.1. The molecular formula is C17H21ClF2N2O2S. The summed E-state index contributed by atoms with van der Waals surface area (Å²) in [6.45, 7) is 1.63. The molecule has 0 aliphatic heterocycles. The number of rotatable bonds is 7. The minimum Gasteiger partial charge on any atom is -0.329 e. The summed E-state index contributed by atoms with van der Waals surface area (Å²) in [5, 5.41) is 0. The third kappa shape index (κ3) is 5.22. The highest BCUT2D eigenvalue weighted by Crippen LogP contribution is 2.22. The predicted octanol–water partition coefficient (Wildman–Crippen LogP) is 2.89. The van der Waals surface area contributed by atoms with Gasteiger partial charge >= 0.3 is 0 Å². The van der Waals surface area contributed by atoms with Crippen molar-refractivity contribution in [2.45, 2.75) is 18.2 Å². The normalized spacial score (nSPS) is 11.4. The van der Waals surface area contributed by atoms with Gasteiger partial charge in [-0.05, 0) is 36.6 Å². The Morgan fingerprint density at radius 1 is 1.04 bits per heavy atom. The van der Waals surface area contributed by atoms with Gasteiger partial charge in [0.1, 0.15) is 16.5 Å². The molecule has 0 unspecified atom stereocenters. The quantitative estimate of drug-likeness (QED) is 0.790. The Morgan fingerprint density at radius 2 is 1.68 bits per heavy atom. The van der Waals surface area contributed by atoms with Crippen LogP contribution in [0.3, 0.4) is 0 Å². The van der Waals surface area contributed by atoms with Crippen LogP contribution in [0, 0.1) is 18.6 Å². The molecule has 8 heteroatoms. The Bertz CT molecular complexity index is 802. The van der Waals surface area contributed by atoms with Crippen molar-refractivity contribution in [2.24, 2.45) is 5.73 Å². The Labute approximate surface area is 153 Å². The highest BCUT2D eigenvalue weighted by atomic mass is 35.5. The van der Waals surface area contributed by atoms with Crippen LogP contribution >= 0.6 is 12.4 Å². The molecule has 0 heterocycles. The zero-order valence-electron chi connectivity index (χ0n) is 13.8. The zero-order valence-corrected chi connectivity index (χ0v) is 15.4. The summed E-state index contributed by atoms with van der Waals surface area (Å²) in [4.78, 5) is -0.660. The van der Waals surface area contributed by atoms with Gasteiger partial charge in [0.15, 0.2) is 0 Å². The molecule has 0 bridgehead atoms. The van der Waals surface area contributed by atoms with Crippen molar-refractivity contribution >= 4 is 22.4 Å². The average Bonchev–Trinajstić information content (AvgIpc) is 2.55. The second kappa shape index (κ2) is 9.24. The molecule has 0 aliphatic carbocycles. The fraction of sp³-hybridized carbons (Fsp3) is 0.294. The third-order valence-corrected chi connectivity index (χ3v) is 5.62. The topological polar surface area (TPSA) is 63.4 Å². The van der Waals surface area contributed by atoms with Crippen molar-refractivity contribution in [3.05, 3.63) is 65.2 Å². The van der Waals surface area contributed by atoms with E-state index >= 15 is 0 Å². The average molecular weight is 391 g/mol. The summed E-state index contributed by atoms with van der Waals surface area (Å²) in [5.74, 6) is -1.72. The van der Waals surface area contributed by atoms with Crippen LogP contribution in [0.4, 0.5) is 8.78 Å². The van der Waals surface area contributed by atoms with Gasteiger partial charge in [0.2, 0.25) is 10.0 Å². The van der Waals surface area contributed by atoms with Crippen molar-refractivity contribution in [1.82, 2.24) is 4.31 Å². The molecule has 0 atom stereocenters. The largest absolute Gasteiger partial charge is 0.329 e. The number of sulfonamides is 1. The van der Waals surface area contributed by atoms with Crippen molar-refractivity contribution in [2.75, 3.05) is 19.6 Å². The molecule has 4 nitrogen and oxygen atoms in total. The van der Waals surface area contributed by atoms with E-state index in [4.69, 9.17) is 5.73 Å². The molecule has 0 fully saturated rings. The minimum atomic E-state index is -4.16. The molecule has 0 spiro atoms.